The molecular formula is C42H46N4O9S. The first-order valence-corrected chi connectivity index (χ1v) is 20.3. The topological polar surface area (TPSA) is 155 Å². The number of aliphatic hydroxyl groups excluding tert-OH is 1. The number of carbonyl (C=O) groups excluding carboxylic acids is 2. The fourth-order valence-corrected chi connectivity index (χ4v) is 12.9. The molecule has 4 N–H and O–H groups in total. The van der Waals surface area contributed by atoms with Gasteiger partial charge < -0.3 is 38.9 Å². The number of esters is 2. The second-order valence-corrected chi connectivity index (χ2v) is 17.7. The summed E-state index contributed by atoms with van der Waals surface area (Å²) in [7, 11) is 3.68. The number of aromatic hydroxyl groups is 1. The molecule has 0 aliphatic carbocycles. The van der Waals surface area contributed by atoms with Crippen molar-refractivity contribution in [2.24, 2.45) is 0 Å². The van der Waals surface area contributed by atoms with Gasteiger partial charge in [0.2, 0.25) is 6.79 Å². The lowest BCUT2D eigenvalue weighted by Crippen LogP contribution is -2.69. The van der Waals surface area contributed by atoms with Crippen LogP contribution in [0.2, 0.25) is 0 Å². The highest BCUT2D eigenvalue weighted by Crippen LogP contribution is 2.65. The summed E-state index contributed by atoms with van der Waals surface area (Å²) in [5, 5.41) is 27.0. The standard InChI is InChI=1S/C42H46N4O9S/c1-19-11-22-13-41(4)16-45(5)31(28(22)33(49)34(19)51-6)32-38-30-29(37-36(53-18-54-37)20(2)35(30)55-21(3)48)27(46(32)41)15-52-40(50)42(17-56-38)39-25(12-23(14-47)44-42)24-9-7-8-10-26(24)43-39/h7-11,23,27,31-32,38,43-44,47,49H,12-18H2,1-6H3/t23-,27-,31+,32+,38+,41?,42+/m0/s1. The molecule has 294 valence electrons. The third-order valence-corrected chi connectivity index (χ3v) is 14.6. The second-order valence-electron chi connectivity index (χ2n) is 16.5. The number of ether oxygens (including phenoxy) is 5. The molecule has 0 radical (unpaired) electrons. The van der Waals surface area contributed by atoms with E-state index in [0.717, 1.165) is 50.0 Å². The number of thioether (sulfide) groups is 1. The number of methoxy groups -OCH3 is 1. The third-order valence-electron chi connectivity index (χ3n) is 13.1. The molecule has 12 rings (SSSR count). The van der Waals surface area contributed by atoms with Gasteiger partial charge in [0.05, 0.1) is 36.7 Å². The van der Waals surface area contributed by atoms with Gasteiger partial charge in [-0.3, -0.25) is 19.9 Å². The molecule has 8 aliphatic rings. The lowest BCUT2D eigenvalue weighted by molar-refractivity contribution is -0.160. The van der Waals surface area contributed by atoms with Crippen molar-refractivity contribution >= 4 is 34.6 Å². The Morgan fingerprint density at radius 1 is 1.11 bits per heavy atom. The minimum absolute atomic E-state index is 0.000358. The number of aliphatic hydroxyl groups is 1. The van der Waals surface area contributed by atoms with Gasteiger partial charge in [-0.2, -0.15) is 0 Å². The summed E-state index contributed by atoms with van der Waals surface area (Å²) in [4.78, 5) is 36.5. The maximum Gasteiger partial charge on any atom is 0.333 e. The van der Waals surface area contributed by atoms with E-state index in [2.05, 4.69) is 40.1 Å². The fraction of sp³-hybridized carbons (Fsp3) is 0.476. The molecule has 4 bridgehead atoms. The Bertz CT molecular complexity index is 2360. The summed E-state index contributed by atoms with van der Waals surface area (Å²) in [5.41, 5.74) is 5.64. The van der Waals surface area contributed by atoms with Gasteiger partial charge in [-0.15, -0.1) is 11.8 Å². The van der Waals surface area contributed by atoms with Crippen LogP contribution < -0.4 is 24.3 Å². The molecule has 3 aromatic carbocycles. The van der Waals surface area contributed by atoms with E-state index in [9.17, 15) is 15.0 Å². The maximum atomic E-state index is 15.1. The van der Waals surface area contributed by atoms with Crippen LogP contribution in [0.15, 0.2) is 30.3 Å². The molecule has 1 aromatic heterocycles. The predicted molar refractivity (Wildman–Crippen MR) is 208 cm³/mol. The minimum atomic E-state index is -1.36. The van der Waals surface area contributed by atoms with E-state index in [4.69, 9.17) is 23.7 Å². The molecule has 8 atom stereocenters. The molecule has 56 heavy (non-hydrogen) atoms. The second kappa shape index (κ2) is 12.5. The number of phenols is 1. The number of likely N-dealkylation sites (N-methyl/N-ethyl adjacent to an activating group) is 1. The lowest BCUT2D eigenvalue weighted by Gasteiger charge is -2.61. The van der Waals surface area contributed by atoms with Crippen LogP contribution in [0.5, 0.6) is 28.7 Å². The van der Waals surface area contributed by atoms with Crippen molar-refractivity contribution < 1.29 is 43.5 Å². The van der Waals surface area contributed by atoms with Crippen LogP contribution in [-0.4, -0.2) is 101 Å². The normalized spacial score (nSPS) is 31.3. The molecule has 1 spiro atoms. The molecule has 2 fully saturated rings. The zero-order chi connectivity index (χ0) is 39.0. The SMILES string of the molecule is COc1c(C)cc2c(c1O)[C@@H]1[C@@H]3[C@@H]4SC[C@]5(N[C@H](CO)Cc6c5[nH]c5ccccc65)C(=O)OC[C@@H](c5c6c(c(C)c(OC(C)=O)c54)OCO6)N3C(C)(C2)CN1C. The Hall–Kier alpha value is -4.47. The molecule has 13 nitrogen and oxygen atoms in total. The first kappa shape index (κ1) is 35.9. The molecule has 2 unspecified atom stereocenters. The van der Waals surface area contributed by atoms with E-state index in [1.165, 1.54) is 6.92 Å². The van der Waals surface area contributed by atoms with Crippen LogP contribution in [0.3, 0.4) is 0 Å². The third kappa shape index (κ3) is 4.76. The van der Waals surface area contributed by atoms with Crippen molar-refractivity contribution in [3.63, 3.8) is 0 Å². The van der Waals surface area contributed by atoms with E-state index in [1.807, 2.05) is 38.1 Å². The van der Waals surface area contributed by atoms with Gasteiger partial charge in [0, 0.05) is 70.0 Å². The van der Waals surface area contributed by atoms with E-state index < -0.39 is 40.4 Å². The van der Waals surface area contributed by atoms with Crippen LogP contribution in [0.4, 0.5) is 0 Å². The molecular weight excluding hydrogens is 737 g/mol. The number of aryl methyl sites for hydroxylation is 1. The highest BCUT2D eigenvalue weighted by molar-refractivity contribution is 7.99. The van der Waals surface area contributed by atoms with Crippen LogP contribution in [0, 0.1) is 13.8 Å². The zero-order valence-electron chi connectivity index (χ0n) is 32.3. The number of nitrogens with one attached hydrogen (secondary N) is 2. The zero-order valence-corrected chi connectivity index (χ0v) is 33.1. The van der Waals surface area contributed by atoms with Crippen molar-refractivity contribution in [1.29, 1.82) is 0 Å². The van der Waals surface area contributed by atoms with Crippen molar-refractivity contribution in [3.05, 3.63) is 75.0 Å². The van der Waals surface area contributed by atoms with Gasteiger partial charge in [-0.1, -0.05) is 24.3 Å². The summed E-state index contributed by atoms with van der Waals surface area (Å²) in [6.45, 7) is 7.92. The summed E-state index contributed by atoms with van der Waals surface area (Å²) in [6.07, 6.45) is 1.14. The quantitative estimate of drug-likeness (QED) is 0.169. The maximum absolute atomic E-state index is 15.1. The van der Waals surface area contributed by atoms with Crippen molar-refractivity contribution in [2.75, 3.05) is 46.5 Å². The van der Waals surface area contributed by atoms with Gasteiger partial charge in [-0.05, 0) is 63.4 Å². The number of fused-ring (bicyclic) bond motifs is 8. The van der Waals surface area contributed by atoms with E-state index in [0.29, 0.717) is 47.9 Å². The number of aromatic nitrogens is 1. The monoisotopic (exact) mass is 782 g/mol. The van der Waals surface area contributed by atoms with Crippen molar-refractivity contribution in [3.8, 4) is 28.7 Å². The Balaban J connectivity index is 1.26. The number of carbonyl (C=O) groups is 2. The van der Waals surface area contributed by atoms with Crippen LogP contribution >= 0.6 is 11.8 Å². The molecule has 0 saturated carbocycles. The Labute approximate surface area is 328 Å². The average Bonchev–Trinajstić information content (AvgIpc) is 3.76. The Kier molecular flexibility index (Phi) is 8.02. The number of hydrogen-bond donors (Lipinski definition) is 4. The summed E-state index contributed by atoms with van der Waals surface area (Å²) in [5.74, 6) is 1.35. The first-order chi connectivity index (χ1) is 26.9. The Morgan fingerprint density at radius 2 is 1.89 bits per heavy atom. The Morgan fingerprint density at radius 3 is 2.66 bits per heavy atom. The number of rotatable bonds is 3. The van der Waals surface area contributed by atoms with Crippen LogP contribution in [0.1, 0.15) is 75.8 Å². The largest absolute Gasteiger partial charge is 0.504 e. The number of hydrogen-bond acceptors (Lipinski definition) is 13. The molecule has 4 aromatic rings. The number of para-hydroxylation sites is 1. The predicted octanol–water partition coefficient (Wildman–Crippen LogP) is 4.61. The summed E-state index contributed by atoms with van der Waals surface area (Å²) < 4.78 is 31.1. The number of piperazine rings is 1. The van der Waals surface area contributed by atoms with Gasteiger partial charge in [0.15, 0.2) is 28.5 Å². The van der Waals surface area contributed by atoms with Crippen LogP contribution in [0.25, 0.3) is 10.9 Å². The number of aromatic amines is 1. The number of nitrogens with zero attached hydrogens (tertiary/aromatic N) is 2. The van der Waals surface area contributed by atoms with Gasteiger partial charge in [0.25, 0.3) is 0 Å². The van der Waals surface area contributed by atoms with E-state index in [1.54, 1.807) is 18.9 Å². The fourth-order valence-electron chi connectivity index (χ4n) is 11.2. The highest BCUT2D eigenvalue weighted by Gasteiger charge is 2.63. The number of benzene rings is 3. The average molecular weight is 783 g/mol. The number of phenolic OH excluding ortho intramolecular Hbond substituents is 1. The lowest BCUT2D eigenvalue weighted by atomic mass is 9.76. The molecule has 8 aliphatic heterocycles. The minimum Gasteiger partial charge on any atom is -0.504 e. The summed E-state index contributed by atoms with van der Waals surface area (Å²) in [6, 6.07) is 8.47. The van der Waals surface area contributed by atoms with Gasteiger partial charge >= 0.3 is 11.9 Å². The molecule has 9 heterocycles. The van der Waals surface area contributed by atoms with Crippen LogP contribution in [-0.2, 0) is 32.7 Å². The first-order valence-electron chi connectivity index (χ1n) is 19.2. The smallest absolute Gasteiger partial charge is 0.333 e. The van der Waals surface area contributed by atoms with Gasteiger partial charge in [0.1, 0.15) is 12.4 Å². The number of H-pyrrole nitrogens is 1. The van der Waals surface area contributed by atoms with Crippen molar-refractivity contribution in [2.45, 2.75) is 81.0 Å². The molecule has 0 amide bonds. The van der Waals surface area contributed by atoms with E-state index in [-0.39, 0.29) is 43.6 Å². The van der Waals surface area contributed by atoms with E-state index >= 15 is 4.79 Å². The highest BCUT2D eigenvalue weighted by atomic mass is 32.2. The van der Waals surface area contributed by atoms with Crippen molar-refractivity contribution in [1.82, 2.24) is 20.1 Å². The molecule has 2 saturated heterocycles. The summed E-state index contributed by atoms with van der Waals surface area (Å²) >= 11 is 1.59. The van der Waals surface area contributed by atoms with Gasteiger partial charge in [-0.25, -0.2) is 4.79 Å². The molecule has 14 heteroatoms.